The summed E-state index contributed by atoms with van der Waals surface area (Å²) in [7, 11) is 0. The molecule has 0 heterocycles. The number of benzene rings is 1. The predicted molar refractivity (Wildman–Crippen MR) is 109 cm³/mol. The second-order valence-corrected chi connectivity index (χ2v) is 13.4. The lowest BCUT2D eigenvalue weighted by Gasteiger charge is -2.16. The van der Waals surface area contributed by atoms with Gasteiger partial charge in [0.1, 0.15) is 0 Å². The average Bonchev–Trinajstić information content (AvgIpc) is 2.56. The Labute approximate surface area is 153 Å². The van der Waals surface area contributed by atoms with Gasteiger partial charge in [-0.15, -0.1) is 28.7 Å². The van der Waals surface area contributed by atoms with Crippen LogP contribution in [-0.2, 0) is 0 Å². The van der Waals surface area contributed by atoms with E-state index in [-0.39, 0.29) is 0 Å². The van der Waals surface area contributed by atoms with Gasteiger partial charge in [-0.1, -0.05) is 94.2 Å². The maximum atomic E-state index is 6.59. The number of halogens is 2. The number of hydrogen-bond acceptors (Lipinski definition) is 0. The molecular formula is C20H32Cl2Si. The van der Waals surface area contributed by atoms with Crippen LogP contribution in [0.1, 0.15) is 70.6 Å². The molecule has 0 bridgehead atoms. The number of rotatable bonds is 14. The third-order valence-corrected chi connectivity index (χ3v) is 8.95. The minimum atomic E-state index is -2.24. The normalized spacial score (nSPS) is 11.6. The van der Waals surface area contributed by atoms with Crippen molar-refractivity contribution < 1.29 is 0 Å². The molecule has 0 aliphatic heterocycles. The highest BCUT2D eigenvalue weighted by Crippen LogP contribution is 2.24. The van der Waals surface area contributed by atoms with E-state index in [9.17, 15) is 0 Å². The molecule has 0 unspecified atom stereocenters. The van der Waals surface area contributed by atoms with Gasteiger partial charge in [-0.05, 0) is 24.1 Å². The molecule has 0 nitrogen and oxygen atoms in total. The highest BCUT2D eigenvalue weighted by atomic mass is 35.7. The molecule has 0 aromatic heterocycles. The van der Waals surface area contributed by atoms with E-state index in [1.165, 1.54) is 64.2 Å². The van der Waals surface area contributed by atoms with Crippen molar-refractivity contribution in [2.24, 2.45) is 0 Å². The third kappa shape index (κ3) is 10.3. The molecule has 0 aliphatic carbocycles. The fraction of sp³-hybridized carbons (Fsp3) is 0.600. The van der Waals surface area contributed by atoms with E-state index in [1.807, 2.05) is 24.3 Å². The molecule has 130 valence electrons. The first-order valence-electron chi connectivity index (χ1n) is 9.21. The van der Waals surface area contributed by atoms with Crippen molar-refractivity contribution in [1.29, 1.82) is 0 Å². The van der Waals surface area contributed by atoms with Gasteiger partial charge in [-0.3, -0.25) is 0 Å². The largest absolute Gasteiger partial charge is 0.280 e. The molecule has 0 spiro atoms. The van der Waals surface area contributed by atoms with Crippen LogP contribution in [0.15, 0.2) is 43.0 Å². The van der Waals surface area contributed by atoms with Gasteiger partial charge >= 0.3 is 0 Å². The summed E-state index contributed by atoms with van der Waals surface area (Å²) >= 11 is 13.2. The lowest BCUT2D eigenvalue weighted by molar-refractivity contribution is 0.557. The van der Waals surface area contributed by atoms with Crippen LogP contribution in [0.2, 0.25) is 6.04 Å². The topological polar surface area (TPSA) is 0 Å². The van der Waals surface area contributed by atoms with Crippen LogP contribution >= 0.6 is 22.2 Å². The molecule has 3 heteroatoms. The van der Waals surface area contributed by atoms with E-state index in [0.29, 0.717) is 0 Å². The second-order valence-electron chi connectivity index (χ2n) is 6.43. The SMILES string of the molecule is C=CCCCCCCCCCCCC[Si](Cl)(Cl)c1ccccc1. The van der Waals surface area contributed by atoms with Gasteiger partial charge in [0, 0.05) is 0 Å². The van der Waals surface area contributed by atoms with Crippen molar-refractivity contribution in [3.05, 3.63) is 43.0 Å². The van der Waals surface area contributed by atoms with E-state index in [4.69, 9.17) is 22.2 Å². The first kappa shape index (κ1) is 20.8. The summed E-state index contributed by atoms with van der Waals surface area (Å²) in [6.45, 7) is 1.52. The van der Waals surface area contributed by atoms with Gasteiger partial charge in [0.2, 0.25) is 0 Å². The first-order valence-corrected chi connectivity index (χ1v) is 13.4. The Morgan fingerprint density at radius 3 is 1.74 bits per heavy atom. The molecule has 0 fully saturated rings. The molecule has 0 saturated heterocycles. The van der Waals surface area contributed by atoms with Gasteiger partial charge in [0.25, 0.3) is 6.69 Å². The molecule has 1 aromatic rings. The van der Waals surface area contributed by atoms with Crippen molar-refractivity contribution in [3.63, 3.8) is 0 Å². The van der Waals surface area contributed by atoms with E-state index < -0.39 is 6.69 Å². The van der Waals surface area contributed by atoms with Crippen molar-refractivity contribution >= 4 is 34.0 Å². The number of allylic oxidation sites excluding steroid dienone is 1. The fourth-order valence-electron chi connectivity index (χ4n) is 2.88. The van der Waals surface area contributed by atoms with E-state index >= 15 is 0 Å². The third-order valence-electron chi connectivity index (χ3n) is 4.35. The quantitative estimate of drug-likeness (QED) is 0.139. The summed E-state index contributed by atoms with van der Waals surface area (Å²) in [5.41, 5.74) is 0. The van der Waals surface area contributed by atoms with Crippen LogP contribution in [0.25, 0.3) is 0 Å². The lowest BCUT2D eigenvalue weighted by atomic mass is 10.1. The molecule has 0 saturated carbocycles. The molecule has 0 amide bonds. The van der Waals surface area contributed by atoms with Crippen molar-refractivity contribution in [2.75, 3.05) is 0 Å². The Balaban J connectivity index is 1.94. The van der Waals surface area contributed by atoms with Crippen LogP contribution in [0, 0.1) is 0 Å². The monoisotopic (exact) mass is 370 g/mol. The van der Waals surface area contributed by atoms with Crippen LogP contribution in [0.5, 0.6) is 0 Å². The standard InChI is InChI=1S/C20H32Cl2Si/c1-2-3-4-5-6-7-8-9-10-11-12-16-19-23(21,22)20-17-14-13-15-18-20/h2,13-15,17-18H,1,3-12,16,19H2. The second kappa shape index (κ2) is 13.1. The maximum Gasteiger partial charge on any atom is 0.280 e. The highest BCUT2D eigenvalue weighted by Gasteiger charge is 2.29. The summed E-state index contributed by atoms with van der Waals surface area (Å²) in [5.74, 6) is 0. The van der Waals surface area contributed by atoms with Gasteiger partial charge < -0.3 is 0 Å². The van der Waals surface area contributed by atoms with Gasteiger partial charge in [-0.2, -0.15) is 0 Å². The van der Waals surface area contributed by atoms with Gasteiger partial charge in [0.15, 0.2) is 0 Å². The van der Waals surface area contributed by atoms with Crippen LogP contribution in [0.3, 0.4) is 0 Å². The highest BCUT2D eigenvalue weighted by molar-refractivity contribution is 7.50. The van der Waals surface area contributed by atoms with Crippen molar-refractivity contribution in [2.45, 2.75) is 76.7 Å². The minimum Gasteiger partial charge on any atom is -0.140 e. The average molecular weight is 371 g/mol. The molecule has 0 radical (unpaired) electrons. The lowest BCUT2D eigenvalue weighted by Crippen LogP contribution is -2.35. The fourth-order valence-corrected chi connectivity index (χ4v) is 6.10. The smallest absolute Gasteiger partial charge is 0.140 e. The van der Waals surface area contributed by atoms with Crippen molar-refractivity contribution in [3.8, 4) is 0 Å². The summed E-state index contributed by atoms with van der Waals surface area (Å²) in [4.78, 5) is 0. The van der Waals surface area contributed by atoms with Crippen molar-refractivity contribution in [1.82, 2.24) is 0 Å². The molecule has 0 atom stereocenters. The molecular weight excluding hydrogens is 339 g/mol. The zero-order chi connectivity index (χ0) is 16.8. The van der Waals surface area contributed by atoms with Gasteiger partial charge in [-0.25, -0.2) is 0 Å². The first-order chi connectivity index (χ1) is 11.2. The zero-order valence-corrected chi connectivity index (χ0v) is 16.9. The Morgan fingerprint density at radius 1 is 0.739 bits per heavy atom. The maximum absolute atomic E-state index is 6.59. The molecule has 1 aromatic carbocycles. The molecule has 0 aliphatic rings. The summed E-state index contributed by atoms with van der Waals surface area (Å²) < 4.78 is 0. The Hall–Kier alpha value is -0.243. The van der Waals surface area contributed by atoms with E-state index in [1.54, 1.807) is 0 Å². The molecule has 23 heavy (non-hydrogen) atoms. The molecule has 1 rings (SSSR count). The summed E-state index contributed by atoms with van der Waals surface area (Å²) in [5, 5.41) is 1.15. The number of unbranched alkanes of at least 4 members (excludes halogenated alkanes) is 10. The molecule has 0 N–H and O–H groups in total. The van der Waals surface area contributed by atoms with Crippen LogP contribution < -0.4 is 5.19 Å². The van der Waals surface area contributed by atoms with Crippen LogP contribution in [-0.4, -0.2) is 6.69 Å². The minimum absolute atomic E-state index is 0.976. The number of hydrogen-bond donors (Lipinski definition) is 0. The summed E-state index contributed by atoms with van der Waals surface area (Å²) in [6, 6.07) is 11.2. The van der Waals surface area contributed by atoms with E-state index in [2.05, 4.69) is 18.7 Å². The summed E-state index contributed by atoms with van der Waals surface area (Å²) in [6.07, 6.45) is 16.5. The van der Waals surface area contributed by atoms with E-state index in [0.717, 1.165) is 17.7 Å². The Morgan fingerprint density at radius 2 is 1.22 bits per heavy atom. The zero-order valence-electron chi connectivity index (χ0n) is 14.4. The Kier molecular flexibility index (Phi) is 11.8. The van der Waals surface area contributed by atoms with Gasteiger partial charge in [0.05, 0.1) is 0 Å². The predicted octanol–water partition coefficient (Wildman–Crippen LogP) is 7.29. The Bertz CT molecular complexity index is 403. The van der Waals surface area contributed by atoms with Crippen LogP contribution in [0.4, 0.5) is 0 Å².